The Morgan fingerprint density at radius 3 is 2.59 bits per heavy atom. The molecular weight excluding hydrogens is 446 g/mol. The highest BCUT2D eigenvalue weighted by atomic mass is 79.9. The van der Waals surface area contributed by atoms with Crippen LogP contribution in [0.2, 0.25) is 0 Å². The molecule has 0 unspecified atom stereocenters. The Morgan fingerprint density at radius 1 is 1.10 bits per heavy atom. The highest BCUT2D eigenvalue weighted by Crippen LogP contribution is 2.39. The molecule has 1 aromatic carbocycles. The second-order valence-electron chi connectivity index (χ2n) is 7.40. The molecule has 1 fully saturated rings. The second-order valence-corrected chi connectivity index (χ2v) is 8.71. The van der Waals surface area contributed by atoms with E-state index in [-0.39, 0.29) is 12.1 Å². The molecule has 0 saturated carbocycles. The maximum Gasteiger partial charge on any atom is 0.170 e. The SMILES string of the molecule is CN(C)CCN1C(=S)N[C@H](c2ccccn2)[C@@H]1c1cccn1-c1ccc(Br)cc1. The minimum atomic E-state index is -0.00467. The van der Waals surface area contributed by atoms with Gasteiger partial charge >= 0.3 is 0 Å². The van der Waals surface area contributed by atoms with E-state index >= 15 is 0 Å². The van der Waals surface area contributed by atoms with E-state index in [1.165, 1.54) is 5.69 Å². The highest BCUT2D eigenvalue weighted by Gasteiger charge is 2.41. The molecule has 1 aliphatic heterocycles. The minimum absolute atomic E-state index is 0.00467. The summed E-state index contributed by atoms with van der Waals surface area (Å²) in [6, 6.07) is 18.7. The average molecular weight is 470 g/mol. The van der Waals surface area contributed by atoms with Gasteiger partial charge in [-0.25, -0.2) is 0 Å². The summed E-state index contributed by atoms with van der Waals surface area (Å²) >= 11 is 9.28. The number of nitrogens with zero attached hydrogens (tertiary/aromatic N) is 4. The molecule has 3 aromatic rings. The number of aromatic nitrogens is 2. The van der Waals surface area contributed by atoms with Crippen molar-refractivity contribution in [3.8, 4) is 5.69 Å². The molecule has 4 rings (SSSR count). The van der Waals surface area contributed by atoms with Gasteiger partial charge in [0.2, 0.25) is 0 Å². The summed E-state index contributed by atoms with van der Waals surface area (Å²) < 4.78 is 3.31. The van der Waals surface area contributed by atoms with Crippen molar-refractivity contribution >= 4 is 33.3 Å². The lowest BCUT2D eigenvalue weighted by atomic mass is 10.0. The molecule has 3 heterocycles. The zero-order valence-corrected chi connectivity index (χ0v) is 18.9. The lowest BCUT2D eigenvalue weighted by Gasteiger charge is -2.29. The Labute approximate surface area is 185 Å². The fourth-order valence-electron chi connectivity index (χ4n) is 3.75. The molecule has 1 N–H and O–H groups in total. The number of thiocarbonyl (C=S) groups is 1. The van der Waals surface area contributed by atoms with Crippen molar-refractivity contribution in [3.05, 3.63) is 82.9 Å². The summed E-state index contributed by atoms with van der Waals surface area (Å²) in [7, 11) is 4.17. The molecule has 0 spiro atoms. The molecule has 0 amide bonds. The normalized spacial score (nSPS) is 19.0. The van der Waals surface area contributed by atoms with Crippen LogP contribution in [-0.4, -0.2) is 51.6 Å². The number of halogens is 1. The first kappa shape index (κ1) is 20.1. The molecular formula is C22H24BrN5S. The predicted molar refractivity (Wildman–Crippen MR) is 124 cm³/mol. The van der Waals surface area contributed by atoms with Crippen LogP contribution in [-0.2, 0) is 0 Å². The van der Waals surface area contributed by atoms with Crippen LogP contribution in [0.3, 0.4) is 0 Å². The zero-order valence-electron chi connectivity index (χ0n) is 16.5. The molecule has 2 aromatic heterocycles. The molecule has 0 radical (unpaired) electrons. The van der Waals surface area contributed by atoms with Gasteiger partial charge in [0.15, 0.2) is 5.11 Å². The van der Waals surface area contributed by atoms with Crippen molar-refractivity contribution in [2.75, 3.05) is 27.2 Å². The monoisotopic (exact) mass is 469 g/mol. The van der Waals surface area contributed by atoms with Gasteiger partial charge in [-0.3, -0.25) is 4.98 Å². The van der Waals surface area contributed by atoms with Gasteiger partial charge in [0.05, 0.1) is 17.8 Å². The quantitative estimate of drug-likeness (QED) is 0.548. The summed E-state index contributed by atoms with van der Waals surface area (Å²) in [4.78, 5) is 9.10. The van der Waals surface area contributed by atoms with Gasteiger partial charge in [-0.05, 0) is 74.8 Å². The van der Waals surface area contributed by atoms with E-state index in [4.69, 9.17) is 12.2 Å². The predicted octanol–water partition coefficient (Wildman–Crippen LogP) is 4.17. The van der Waals surface area contributed by atoms with Crippen LogP contribution >= 0.6 is 28.1 Å². The van der Waals surface area contributed by atoms with Crippen molar-refractivity contribution in [1.29, 1.82) is 0 Å². The maximum atomic E-state index is 5.75. The van der Waals surface area contributed by atoms with E-state index in [9.17, 15) is 0 Å². The van der Waals surface area contributed by atoms with Crippen LogP contribution in [0.15, 0.2) is 71.5 Å². The molecule has 1 saturated heterocycles. The second kappa shape index (κ2) is 8.65. The number of pyridine rings is 1. The molecule has 5 nitrogen and oxygen atoms in total. The Bertz CT molecular complexity index is 970. The Hall–Kier alpha value is -2.22. The first-order chi connectivity index (χ1) is 14.0. The third-order valence-corrected chi connectivity index (χ3v) is 6.06. The number of hydrogen-bond donors (Lipinski definition) is 1. The molecule has 1 aliphatic rings. The smallest absolute Gasteiger partial charge is 0.170 e. The molecule has 29 heavy (non-hydrogen) atoms. The van der Waals surface area contributed by atoms with Gasteiger partial charge in [-0.1, -0.05) is 22.0 Å². The van der Waals surface area contributed by atoms with Gasteiger partial charge < -0.3 is 19.7 Å². The summed E-state index contributed by atoms with van der Waals surface area (Å²) in [6.45, 7) is 1.77. The van der Waals surface area contributed by atoms with Gasteiger partial charge in [-0.2, -0.15) is 0 Å². The third-order valence-electron chi connectivity index (χ3n) is 5.17. The van der Waals surface area contributed by atoms with Crippen molar-refractivity contribution in [3.63, 3.8) is 0 Å². The summed E-state index contributed by atoms with van der Waals surface area (Å²) in [6.07, 6.45) is 3.95. The summed E-state index contributed by atoms with van der Waals surface area (Å²) in [5, 5.41) is 4.30. The molecule has 0 bridgehead atoms. The standard InChI is InChI=1S/C22H24BrN5S/c1-26(2)14-15-28-21(20(25-22(28)29)18-6-3-4-12-24-18)19-7-5-13-27(19)17-10-8-16(23)9-11-17/h3-13,20-21H,14-15H2,1-2H3,(H,25,29)/t20-,21+/m1/s1. The van der Waals surface area contributed by atoms with Crippen molar-refractivity contribution in [2.45, 2.75) is 12.1 Å². The largest absolute Gasteiger partial charge is 0.352 e. The van der Waals surface area contributed by atoms with Crippen molar-refractivity contribution < 1.29 is 0 Å². The van der Waals surface area contributed by atoms with Crippen LogP contribution in [0.4, 0.5) is 0 Å². The van der Waals surface area contributed by atoms with Crippen molar-refractivity contribution in [1.82, 2.24) is 24.7 Å². The van der Waals surface area contributed by atoms with Gasteiger partial charge in [-0.15, -0.1) is 0 Å². The number of hydrogen-bond acceptors (Lipinski definition) is 3. The van der Waals surface area contributed by atoms with Crippen LogP contribution in [0.5, 0.6) is 0 Å². The fourth-order valence-corrected chi connectivity index (χ4v) is 4.34. The van der Waals surface area contributed by atoms with Gasteiger partial charge in [0, 0.05) is 41.3 Å². The topological polar surface area (TPSA) is 36.3 Å². The Morgan fingerprint density at radius 2 is 1.90 bits per heavy atom. The third kappa shape index (κ3) is 4.22. The lowest BCUT2D eigenvalue weighted by molar-refractivity contribution is 0.272. The first-order valence-corrected chi connectivity index (χ1v) is 10.8. The van der Waals surface area contributed by atoms with Crippen molar-refractivity contribution in [2.24, 2.45) is 0 Å². The van der Waals surface area contributed by atoms with E-state index in [0.717, 1.165) is 34.1 Å². The lowest BCUT2D eigenvalue weighted by Crippen LogP contribution is -2.36. The first-order valence-electron chi connectivity index (χ1n) is 9.60. The van der Waals surface area contributed by atoms with Gasteiger partial charge in [0.1, 0.15) is 0 Å². The van der Waals surface area contributed by atoms with E-state index in [1.807, 2.05) is 18.3 Å². The Balaban J connectivity index is 1.77. The highest BCUT2D eigenvalue weighted by molar-refractivity contribution is 9.10. The minimum Gasteiger partial charge on any atom is -0.352 e. The summed E-state index contributed by atoms with van der Waals surface area (Å²) in [5.74, 6) is 0. The van der Waals surface area contributed by atoms with E-state index in [1.54, 1.807) is 0 Å². The van der Waals surface area contributed by atoms with E-state index in [0.29, 0.717) is 0 Å². The fraction of sp³-hybridized carbons (Fsp3) is 0.273. The molecule has 150 valence electrons. The van der Waals surface area contributed by atoms with Crippen LogP contribution < -0.4 is 5.32 Å². The van der Waals surface area contributed by atoms with Crippen LogP contribution in [0, 0.1) is 0 Å². The maximum absolute atomic E-state index is 5.75. The molecule has 7 heteroatoms. The number of benzene rings is 1. The zero-order chi connectivity index (χ0) is 20.4. The summed E-state index contributed by atoms with van der Waals surface area (Å²) in [5.41, 5.74) is 3.31. The molecule has 2 atom stereocenters. The number of nitrogens with one attached hydrogen (secondary N) is 1. The number of rotatable bonds is 6. The van der Waals surface area contributed by atoms with Crippen LogP contribution in [0.25, 0.3) is 5.69 Å². The van der Waals surface area contributed by atoms with Gasteiger partial charge in [0.25, 0.3) is 0 Å². The average Bonchev–Trinajstić information content (AvgIpc) is 3.32. The van der Waals surface area contributed by atoms with E-state index < -0.39 is 0 Å². The molecule has 0 aliphatic carbocycles. The Kier molecular flexibility index (Phi) is 5.99. The van der Waals surface area contributed by atoms with Crippen LogP contribution in [0.1, 0.15) is 23.5 Å². The number of likely N-dealkylation sites (N-methyl/N-ethyl adjacent to an activating group) is 1. The van der Waals surface area contributed by atoms with E-state index in [2.05, 4.69) is 103 Å².